The molecule has 0 saturated carbocycles. The molecule has 0 aliphatic heterocycles. The molecular weight excluding hydrogens is 632 g/mol. The van der Waals surface area contributed by atoms with Crippen molar-refractivity contribution in [2.75, 3.05) is 0 Å². The van der Waals surface area contributed by atoms with Gasteiger partial charge in [0.15, 0.2) is 0 Å². The average Bonchev–Trinajstić information content (AvgIpc) is 3.58. The fourth-order valence-electron chi connectivity index (χ4n) is 8.58. The third-order valence-electron chi connectivity index (χ3n) is 10.4. The molecule has 2 aliphatic rings. The minimum Gasteiger partial charge on any atom is -0.0985 e. The molecule has 0 unspecified atom stereocenters. The Morgan fingerprint density at radius 2 is 0.745 bits per heavy atom. The smallest absolute Gasteiger partial charge is 0.0714 e. The van der Waals surface area contributed by atoms with E-state index in [1.807, 2.05) is 6.08 Å². The van der Waals surface area contributed by atoms with Crippen LogP contribution in [0.2, 0.25) is 0 Å². The average molecular weight is 664 g/mol. The summed E-state index contributed by atoms with van der Waals surface area (Å²) < 4.78 is 1.08. The predicted molar refractivity (Wildman–Crippen MR) is 199 cm³/mol. The number of rotatable bonds is 5. The van der Waals surface area contributed by atoms with Crippen molar-refractivity contribution in [3.05, 3.63) is 231 Å². The first kappa shape index (κ1) is 28.0. The van der Waals surface area contributed by atoms with Crippen molar-refractivity contribution in [2.24, 2.45) is 0 Å². The molecule has 7 aromatic rings. The maximum absolute atomic E-state index is 4.16. The van der Waals surface area contributed by atoms with Gasteiger partial charge in [-0.3, -0.25) is 0 Å². The van der Waals surface area contributed by atoms with Gasteiger partial charge < -0.3 is 0 Å². The zero-order chi connectivity index (χ0) is 31.6. The second kappa shape index (κ2) is 10.7. The molecule has 0 saturated heterocycles. The van der Waals surface area contributed by atoms with E-state index in [0.29, 0.717) is 0 Å². The van der Waals surface area contributed by atoms with E-state index in [4.69, 9.17) is 0 Å². The van der Waals surface area contributed by atoms with Gasteiger partial charge in [0.05, 0.1) is 10.8 Å². The maximum atomic E-state index is 4.16. The second-order valence-electron chi connectivity index (χ2n) is 12.6. The SMILES string of the molecule is C=Cc1ccc2c(c1)C(c1ccccc1)(c1ccccc1)c1cc3c(cc1-2)C(c1ccccc1)(c1ccccc1)c1cc(Br)ccc1-3. The first-order chi connectivity index (χ1) is 23.2. The largest absolute Gasteiger partial charge is 0.0985 e. The summed E-state index contributed by atoms with van der Waals surface area (Å²) in [4.78, 5) is 0. The monoisotopic (exact) mass is 662 g/mol. The molecule has 0 nitrogen and oxygen atoms in total. The van der Waals surface area contributed by atoms with Crippen molar-refractivity contribution >= 4 is 22.0 Å². The van der Waals surface area contributed by atoms with Crippen LogP contribution in [0.1, 0.15) is 50.1 Å². The highest BCUT2D eigenvalue weighted by Crippen LogP contribution is 2.62. The summed E-state index contributed by atoms with van der Waals surface area (Å²) >= 11 is 3.87. The van der Waals surface area contributed by atoms with Gasteiger partial charge in [0, 0.05) is 4.47 Å². The molecule has 9 rings (SSSR count). The third-order valence-corrected chi connectivity index (χ3v) is 10.9. The molecule has 0 radical (unpaired) electrons. The summed E-state index contributed by atoms with van der Waals surface area (Å²) in [7, 11) is 0. The highest BCUT2D eigenvalue weighted by atomic mass is 79.9. The summed E-state index contributed by atoms with van der Waals surface area (Å²) in [6.07, 6.45) is 1.97. The lowest BCUT2D eigenvalue weighted by atomic mass is 9.66. The normalized spacial score (nSPS) is 14.5. The van der Waals surface area contributed by atoms with E-state index in [2.05, 4.69) is 192 Å². The van der Waals surface area contributed by atoms with Crippen LogP contribution in [0.5, 0.6) is 0 Å². The molecule has 222 valence electrons. The van der Waals surface area contributed by atoms with Gasteiger partial charge in [-0.2, -0.15) is 0 Å². The summed E-state index contributed by atoms with van der Waals surface area (Å²) in [6, 6.07) is 63.0. The van der Waals surface area contributed by atoms with Crippen molar-refractivity contribution in [3.8, 4) is 22.3 Å². The lowest BCUT2D eigenvalue weighted by molar-refractivity contribution is 0.758. The Kier molecular flexibility index (Phi) is 6.35. The summed E-state index contributed by atoms with van der Waals surface area (Å²) in [5.41, 5.74) is 15.5. The molecule has 0 amide bonds. The van der Waals surface area contributed by atoms with E-state index < -0.39 is 10.8 Å². The number of hydrogen-bond donors (Lipinski definition) is 0. The molecule has 0 aromatic heterocycles. The predicted octanol–water partition coefficient (Wildman–Crippen LogP) is 11.8. The van der Waals surface area contributed by atoms with Crippen LogP contribution < -0.4 is 0 Å². The maximum Gasteiger partial charge on any atom is 0.0714 e. The second-order valence-corrected chi connectivity index (χ2v) is 13.5. The number of halogens is 1. The highest BCUT2D eigenvalue weighted by molar-refractivity contribution is 9.10. The molecule has 47 heavy (non-hydrogen) atoms. The van der Waals surface area contributed by atoms with Crippen LogP contribution in [-0.2, 0) is 10.8 Å². The van der Waals surface area contributed by atoms with E-state index >= 15 is 0 Å². The number of benzene rings is 7. The fraction of sp³-hybridized carbons (Fsp3) is 0.0435. The van der Waals surface area contributed by atoms with E-state index in [0.717, 1.165) is 10.0 Å². The van der Waals surface area contributed by atoms with Gasteiger partial charge in [-0.1, -0.05) is 168 Å². The van der Waals surface area contributed by atoms with Crippen LogP contribution in [0.3, 0.4) is 0 Å². The van der Waals surface area contributed by atoms with Crippen LogP contribution >= 0.6 is 15.9 Å². The van der Waals surface area contributed by atoms with Crippen molar-refractivity contribution in [1.82, 2.24) is 0 Å². The van der Waals surface area contributed by atoms with Crippen LogP contribution in [-0.4, -0.2) is 0 Å². The minimum absolute atomic E-state index is 0.488. The highest BCUT2D eigenvalue weighted by Gasteiger charge is 2.51. The zero-order valence-corrected chi connectivity index (χ0v) is 27.4. The van der Waals surface area contributed by atoms with Gasteiger partial charge in [0.2, 0.25) is 0 Å². The molecule has 0 bridgehead atoms. The Labute approximate surface area is 284 Å². The Hall–Kier alpha value is -5.24. The standard InChI is InChI=1S/C46H31Br/c1-2-31-23-25-37-39-29-44-40(30-43(39)45(41(37)27-31,32-15-7-3-8-16-32)33-17-9-4-10-18-33)38-26-24-36(47)28-42(38)46(44,34-19-11-5-12-20-34)35-21-13-6-14-22-35/h2-30H,1H2. The molecule has 0 atom stereocenters. The van der Waals surface area contributed by atoms with Crippen molar-refractivity contribution in [1.29, 1.82) is 0 Å². The van der Waals surface area contributed by atoms with Gasteiger partial charge >= 0.3 is 0 Å². The Morgan fingerprint density at radius 1 is 0.383 bits per heavy atom. The van der Waals surface area contributed by atoms with E-state index in [-0.39, 0.29) is 0 Å². The number of hydrogen-bond acceptors (Lipinski definition) is 0. The van der Waals surface area contributed by atoms with Gasteiger partial charge in [0.1, 0.15) is 0 Å². The van der Waals surface area contributed by atoms with Crippen LogP contribution in [0.15, 0.2) is 181 Å². The fourth-order valence-corrected chi connectivity index (χ4v) is 8.94. The van der Waals surface area contributed by atoms with Gasteiger partial charge in [-0.15, -0.1) is 0 Å². The van der Waals surface area contributed by atoms with Gasteiger partial charge in [-0.05, 0) is 103 Å². The zero-order valence-electron chi connectivity index (χ0n) is 25.8. The molecule has 2 aliphatic carbocycles. The van der Waals surface area contributed by atoms with Crippen LogP contribution in [0.4, 0.5) is 0 Å². The summed E-state index contributed by atoms with van der Waals surface area (Å²) in [6.45, 7) is 4.16. The lowest BCUT2D eigenvalue weighted by Crippen LogP contribution is -2.30. The first-order valence-electron chi connectivity index (χ1n) is 16.2. The molecular formula is C46H31Br. The van der Waals surface area contributed by atoms with Crippen molar-refractivity contribution < 1.29 is 0 Å². The summed E-state index contributed by atoms with van der Waals surface area (Å²) in [5, 5.41) is 0. The summed E-state index contributed by atoms with van der Waals surface area (Å²) in [5.74, 6) is 0. The molecule has 0 N–H and O–H groups in total. The molecule has 0 spiro atoms. The van der Waals surface area contributed by atoms with Crippen molar-refractivity contribution in [2.45, 2.75) is 10.8 Å². The third kappa shape index (κ3) is 3.81. The Bertz CT molecular complexity index is 2220. The lowest BCUT2D eigenvalue weighted by Gasteiger charge is -2.35. The van der Waals surface area contributed by atoms with E-state index in [1.54, 1.807) is 0 Å². The molecule has 0 heterocycles. The van der Waals surface area contributed by atoms with E-state index in [1.165, 1.54) is 66.8 Å². The quantitative estimate of drug-likeness (QED) is 0.172. The Balaban J connectivity index is 1.48. The molecule has 1 heteroatoms. The topological polar surface area (TPSA) is 0 Å². The van der Waals surface area contributed by atoms with E-state index in [9.17, 15) is 0 Å². The molecule has 0 fully saturated rings. The Morgan fingerprint density at radius 3 is 1.15 bits per heavy atom. The number of fused-ring (bicyclic) bond motifs is 6. The van der Waals surface area contributed by atoms with Crippen LogP contribution in [0.25, 0.3) is 28.3 Å². The van der Waals surface area contributed by atoms with Crippen molar-refractivity contribution in [3.63, 3.8) is 0 Å². The first-order valence-corrected chi connectivity index (χ1v) is 17.0. The van der Waals surface area contributed by atoms with Gasteiger partial charge in [-0.25, -0.2) is 0 Å². The van der Waals surface area contributed by atoms with Crippen LogP contribution in [0, 0.1) is 0 Å². The van der Waals surface area contributed by atoms with Gasteiger partial charge in [0.25, 0.3) is 0 Å². The molecule has 7 aromatic carbocycles. The minimum atomic E-state index is -0.499.